The zero-order valence-corrected chi connectivity index (χ0v) is 18.8. The molecule has 33 heavy (non-hydrogen) atoms. The highest BCUT2D eigenvalue weighted by Gasteiger charge is 2.25. The van der Waals surface area contributed by atoms with Gasteiger partial charge in [0, 0.05) is 58.6 Å². The molecular weight excluding hydrogens is 430 g/mol. The first kappa shape index (κ1) is 19.8. The van der Waals surface area contributed by atoms with E-state index in [0.717, 1.165) is 62.7 Å². The largest absolute Gasteiger partial charge is 0.325 e. The molecular formula is C27H20ClN5. The predicted octanol–water partition coefficient (Wildman–Crippen LogP) is 6.41. The van der Waals surface area contributed by atoms with Crippen molar-refractivity contribution >= 4 is 34.0 Å². The molecule has 6 rings (SSSR count). The molecule has 1 aliphatic heterocycles. The molecule has 0 amide bonds. The van der Waals surface area contributed by atoms with Crippen molar-refractivity contribution in [3.63, 3.8) is 0 Å². The van der Waals surface area contributed by atoms with Crippen molar-refractivity contribution in [1.29, 1.82) is 0 Å². The van der Waals surface area contributed by atoms with Gasteiger partial charge in [-0.05, 0) is 72.5 Å². The van der Waals surface area contributed by atoms with Crippen LogP contribution in [-0.4, -0.2) is 26.5 Å². The van der Waals surface area contributed by atoms with Crippen LogP contribution in [0.25, 0.3) is 33.4 Å². The van der Waals surface area contributed by atoms with Crippen molar-refractivity contribution in [2.45, 2.75) is 13.3 Å². The lowest BCUT2D eigenvalue weighted by atomic mass is 9.99. The van der Waals surface area contributed by atoms with Crippen LogP contribution in [0.3, 0.4) is 0 Å². The summed E-state index contributed by atoms with van der Waals surface area (Å²) >= 11 is 6.26. The molecule has 5 nitrogen and oxygen atoms in total. The molecule has 4 heterocycles. The van der Waals surface area contributed by atoms with Gasteiger partial charge in [-0.1, -0.05) is 23.7 Å². The van der Waals surface area contributed by atoms with Crippen LogP contribution in [0.15, 0.2) is 79.4 Å². The Labute approximate surface area is 196 Å². The maximum atomic E-state index is 6.26. The van der Waals surface area contributed by atoms with Gasteiger partial charge in [-0.2, -0.15) is 0 Å². The minimum absolute atomic E-state index is 0.666. The number of benzene rings is 2. The Bertz CT molecular complexity index is 1490. The maximum Gasteiger partial charge on any atom is 0.163 e. The van der Waals surface area contributed by atoms with Gasteiger partial charge in [0.2, 0.25) is 0 Å². The Morgan fingerprint density at radius 1 is 0.879 bits per heavy atom. The van der Waals surface area contributed by atoms with Gasteiger partial charge in [0.1, 0.15) is 5.82 Å². The van der Waals surface area contributed by atoms with E-state index >= 15 is 0 Å². The number of hydrogen-bond acceptors (Lipinski definition) is 5. The fraction of sp³-hybridized carbons (Fsp3) is 0.111. The van der Waals surface area contributed by atoms with E-state index in [9.17, 15) is 0 Å². The summed E-state index contributed by atoms with van der Waals surface area (Å²) in [7, 11) is 0. The van der Waals surface area contributed by atoms with E-state index in [1.54, 1.807) is 12.4 Å². The van der Waals surface area contributed by atoms with Crippen LogP contribution in [0.4, 0.5) is 11.5 Å². The average Bonchev–Trinajstić information content (AvgIpc) is 3.28. The highest BCUT2D eigenvalue weighted by Crippen LogP contribution is 2.40. The number of aromatic nitrogens is 4. The van der Waals surface area contributed by atoms with Crippen molar-refractivity contribution in [3.8, 4) is 22.5 Å². The molecule has 0 atom stereocenters. The molecule has 0 N–H and O–H groups in total. The van der Waals surface area contributed by atoms with Gasteiger partial charge in [0.25, 0.3) is 0 Å². The Morgan fingerprint density at radius 3 is 2.42 bits per heavy atom. The zero-order valence-electron chi connectivity index (χ0n) is 18.0. The van der Waals surface area contributed by atoms with E-state index in [0.29, 0.717) is 5.82 Å². The second-order valence-electron chi connectivity index (χ2n) is 8.16. The van der Waals surface area contributed by atoms with Crippen LogP contribution in [0.2, 0.25) is 5.02 Å². The van der Waals surface area contributed by atoms with Crippen molar-refractivity contribution < 1.29 is 0 Å². The molecule has 0 radical (unpaired) electrons. The molecule has 6 heteroatoms. The van der Waals surface area contributed by atoms with E-state index in [1.807, 2.05) is 42.7 Å². The van der Waals surface area contributed by atoms with Crippen molar-refractivity contribution in [2.75, 3.05) is 11.4 Å². The molecule has 0 unspecified atom stereocenters. The summed E-state index contributed by atoms with van der Waals surface area (Å²) in [5.74, 6) is 1.57. The lowest BCUT2D eigenvalue weighted by molar-refractivity contribution is 0.976. The molecule has 0 bridgehead atoms. The van der Waals surface area contributed by atoms with Crippen LogP contribution >= 0.6 is 11.6 Å². The van der Waals surface area contributed by atoms with E-state index < -0.39 is 0 Å². The van der Waals surface area contributed by atoms with Crippen LogP contribution < -0.4 is 4.90 Å². The summed E-state index contributed by atoms with van der Waals surface area (Å²) in [5, 5.41) is 1.78. The molecule has 0 spiro atoms. The van der Waals surface area contributed by atoms with Crippen molar-refractivity contribution in [2.24, 2.45) is 0 Å². The minimum atomic E-state index is 0.666. The van der Waals surface area contributed by atoms with Gasteiger partial charge < -0.3 is 4.90 Å². The highest BCUT2D eigenvalue weighted by atomic mass is 35.5. The molecule has 2 aromatic carbocycles. The normalized spacial score (nSPS) is 12.8. The topological polar surface area (TPSA) is 54.8 Å². The van der Waals surface area contributed by atoms with Crippen LogP contribution in [0, 0.1) is 6.92 Å². The van der Waals surface area contributed by atoms with Crippen molar-refractivity contribution in [3.05, 3.63) is 95.5 Å². The lowest BCUT2D eigenvalue weighted by Gasteiger charge is -2.22. The van der Waals surface area contributed by atoms with Gasteiger partial charge in [-0.25, -0.2) is 9.97 Å². The molecule has 0 saturated carbocycles. The van der Waals surface area contributed by atoms with Crippen LogP contribution in [0.5, 0.6) is 0 Å². The summed E-state index contributed by atoms with van der Waals surface area (Å²) in [6.45, 7) is 2.96. The zero-order chi connectivity index (χ0) is 22.4. The summed E-state index contributed by atoms with van der Waals surface area (Å²) in [4.78, 5) is 20.9. The van der Waals surface area contributed by atoms with E-state index in [-0.39, 0.29) is 0 Å². The molecule has 0 aliphatic carbocycles. The van der Waals surface area contributed by atoms with E-state index in [2.05, 4.69) is 46.1 Å². The Morgan fingerprint density at radius 2 is 1.67 bits per heavy atom. The van der Waals surface area contributed by atoms with Crippen molar-refractivity contribution in [1.82, 2.24) is 19.9 Å². The van der Waals surface area contributed by atoms with Gasteiger partial charge in [-0.15, -0.1) is 0 Å². The second kappa shape index (κ2) is 7.94. The standard InChI is InChI=1S/C27H20ClN5/c1-17-22(19-4-2-11-29-15-19)7-8-23-25(17)31-26(20-5-3-12-30-16-20)32-27(23)33-13-10-18-14-21(28)6-9-24(18)33/h2-9,11-12,14-16H,10,13H2,1H3. The molecule has 0 saturated heterocycles. The number of rotatable bonds is 3. The molecule has 0 fully saturated rings. The number of hydrogen-bond donors (Lipinski definition) is 0. The quantitative estimate of drug-likeness (QED) is 0.318. The van der Waals surface area contributed by atoms with E-state index in [4.69, 9.17) is 21.6 Å². The van der Waals surface area contributed by atoms with Gasteiger partial charge in [-0.3, -0.25) is 9.97 Å². The third kappa shape index (κ3) is 3.41. The van der Waals surface area contributed by atoms with Crippen LogP contribution in [0.1, 0.15) is 11.1 Å². The number of anilines is 2. The summed E-state index contributed by atoms with van der Waals surface area (Å²) in [5.41, 5.74) is 7.49. The second-order valence-corrected chi connectivity index (χ2v) is 8.60. The molecule has 1 aliphatic rings. The first-order chi connectivity index (χ1) is 16.2. The first-order valence-corrected chi connectivity index (χ1v) is 11.2. The number of nitrogens with zero attached hydrogens (tertiary/aromatic N) is 5. The van der Waals surface area contributed by atoms with Gasteiger partial charge >= 0.3 is 0 Å². The smallest absolute Gasteiger partial charge is 0.163 e. The Hall–Kier alpha value is -3.83. The summed E-state index contributed by atoms with van der Waals surface area (Å²) < 4.78 is 0. The van der Waals surface area contributed by atoms with Crippen LogP contribution in [-0.2, 0) is 6.42 Å². The number of aryl methyl sites for hydroxylation is 1. The SMILES string of the molecule is Cc1c(-c2cccnc2)ccc2c(N3CCc4cc(Cl)ccc43)nc(-c3cccnc3)nc12. The number of halogens is 1. The fourth-order valence-electron chi connectivity index (χ4n) is 4.57. The molecule has 160 valence electrons. The third-order valence-corrected chi connectivity index (χ3v) is 6.42. The average molecular weight is 450 g/mol. The third-order valence-electron chi connectivity index (χ3n) is 6.19. The fourth-order valence-corrected chi connectivity index (χ4v) is 4.77. The number of pyridine rings is 2. The highest BCUT2D eigenvalue weighted by molar-refractivity contribution is 6.30. The first-order valence-electron chi connectivity index (χ1n) is 10.9. The monoisotopic (exact) mass is 449 g/mol. The Balaban J connectivity index is 1.61. The van der Waals surface area contributed by atoms with Gasteiger partial charge in [0.15, 0.2) is 5.82 Å². The minimum Gasteiger partial charge on any atom is -0.325 e. The molecule has 5 aromatic rings. The summed E-state index contributed by atoms with van der Waals surface area (Å²) in [6.07, 6.45) is 8.17. The van der Waals surface area contributed by atoms with E-state index in [1.165, 1.54) is 5.56 Å². The summed E-state index contributed by atoms with van der Waals surface area (Å²) in [6, 6.07) is 18.3. The predicted molar refractivity (Wildman–Crippen MR) is 133 cm³/mol. The van der Waals surface area contributed by atoms with Gasteiger partial charge in [0.05, 0.1) is 5.52 Å². The Kier molecular flexibility index (Phi) is 4.77. The lowest BCUT2D eigenvalue weighted by Crippen LogP contribution is -2.16. The number of fused-ring (bicyclic) bond motifs is 2. The molecule has 3 aromatic heterocycles. The maximum absolute atomic E-state index is 6.26.